The molecule has 5 nitrogen and oxygen atoms in total. The van der Waals surface area contributed by atoms with Gasteiger partial charge in [0.1, 0.15) is 6.29 Å². The predicted octanol–water partition coefficient (Wildman–Crippen LogP) is -1.34. The van der Waals surface area contributed by atoms with Gasteiger partial charge >= 0.3 is 0 Å². The molecule has 0 fully saturated rings. The fourth-order valence-corrected chi connectivity index (χ4v) is 0.772. The number of carbonyl (C=O) groups is 2. The number of aldehydes is 1. The van der Waals surface area contributed by atoms with Gasteiger partial charge in [-0.3, -0.25) is 9.69 Å². The molecule has 1 atom stereocenters. The van der Waals surface area contributed by atoms with E-state index < -0.39 is 11.9 Å². The largest absolute Gasteiger partial charge is 0.345 e. The first-order valence-electron chi connectivity index (χ1n) is 3.81. The highest BCUT2D eigenvalue weighted by atomic mass is 16.2. The molecule has 0 aliphatic heterocycles. The van der Waals surface area contributed by atoms with E-state index in [9.17, 15) is 9.59 Å². The molecule has 13 heavy (non-hydrogen) atoms. The van der Waals surface area contributed by atoms with E-state index in [0.717, 1.165) is 4.90 Å². The summed E-state index contributed by atoms with van der Waals surface area (Å²) in [6.07, 6.45) is 1.03. The molecule has 3 N–H and O–H groups in total. The lowest BCUT2D eigenvalue weighted by Crippen LogP contribution is -2.41. The molecule has 0 spiro atoms. The Labute approximate surface area is 78.3 Å². The Morgan fingerprint density at radius 1 is 1.62 bits per heavy atom. The van der Waals surface area contributed by atoms with Crippen LogP contribution in [0.4, 0.5) is 0 Å². The zero-order valence-corrected chi connectivity index (χ0v) is 7.27. The number of nitrogens with two attached hydrogens (primary N) is 1. The van der Waals surface area contributed by atoms with Crippen LogP contribution in [0.15, 0.2) is 0 Å². The summed E-state index contributed by atoms with van der Waals surface area (Å²) in [7, 11) is 10.0. The molecule has 72 valence electrons. The van der Waals surface area contributed by atoms with Crippen LogP contribution in [0.5, 0.6) is 0 Å². The summed E-state index contributed by atoms with van der Waals surface area (Å²) >= 11 is 0. The van der Waals surface area contributed by atoms with Crippen LogP contribution in [0.2, 0.25) is 0 Å². The SMILES string of the molecule is [CH]N([CH])CC(=O)N[C@H](C=O)CCN. The topological polar surface area (TPSA) is 75.4 Å². The van der Waals surface area contributed by atoms with Gasteiger partial charge in [0, 0.05) is 14.1 Å². The maximum absolute atomic E-state index is 11.0. The molecule has 0 saturated carbocycles. The van der Waals surface area contributed by atoms with Crippen molar-refractivity contribution in [2.45, 2.75) is 12.5 Å². The monoisotopic (exact) mass is 183 g/mol. The molecule has 0 aromatic carbocycles. The van der Waals surface area contributed by atoms with Crippen LogP contribution in [0.25, 0.3) is 0 Å². The minimum Gasteiger partial charge on any atom is -0.345 e. The summed E-state index contributed by atoms with van der Waals surface area (Å²) < 4.78 is 0. The molecule has 5 heteroatoms. The third kappa shape index (κ3) is 6.24. The third-order valence-electron chi connectivity index (χ3n) is 1.31. The molecule has 0 unspecified atom stereocenters. The van der Waals surface area contributed by atoms with E-state index in [1.807, 2.05) is 0 Å². The number of nitrogens with one attached hydrogen (secondary N) is 1. The molecule has 1 amide bonds. The van der Waals surface area contributed by atoms with Crippen molar-refractivity contribution in [1.29, 1.82) is 0 Å². The minimum atomic E-state index is -0.558. The van der Waals surface area contributed by atoms with E-state index in [1.54, 1.807) is 0 Å². The van der Waals surface area contributed by atoms with E-state index in [1.165, 1.54) is 0 Å². The first kappa shape index (κ1) is 12.1. The van der Waals surface area contributed by atoms with Crippen molar-refractivity contribution in [3.05, 3.63) is 14.1 Å². The van der Waals surface area contributed by atoms with Crippen LogP contribution < -0.4 is 11.1 Å². The summed E-state index contributed by atoms with van der Waals surface area (Å²) in [6.45, 7) is 0.174. The highest BCUT2D eigenvalue weighted by Gasteiger charge is 2.10. The molecule has 0 heterocycles. The van der Waals surface area contributed by atoms with E-state index in [0.29, 0.717) is 19.3 Å². The van der Waals surface area contributed by atoms with Crippen molar-refractivity contribution in [3.8, 4) is 0 Å². The van der Waals surface area contributed by atoms with Crippen molar-refractivity contribution in [2.24, 2.45) is 5.73 Å². The van der Waals surface area contributed by atoms with Crippen LogP contribution >= 0.6 is 0 Å². The molecule has 0 rings (SSSR count). The van der Waals surface area contributed by atoms with E-state index in [-0.39, 0.29) is 6.54 Å². The minimum absolute atomic E-state index is 0.158. The average molecular weight is 183 g/mol. The van der Waals surface area contributed by atoms with Gasteiger partial charge in [-0.1, -0.05) is 0 Å². The maximum Gasteiger partial charge on any atom is 0.234 e. The lowest BCUT2D eigenvalue weighted by molar-refractivity contribution is -0.124. The van der Waals surface area contributed by atoms with Crippen LogP contribution in [0.1, 0.15) is 6.42 Å². The summed E-state index contributed by atoms with van der Waals surface area (Å²) in [4.78, 5) is 22.1. The predicted molar refractivity (Wildman–Crippen MR) is 47.0 cm³/mol. The summed E-state index contributed by atoms with van der Waals surface area (Å²) in [5, 5.41) is 2.41. The lowest BCUT2D eigenvalue weighted by Gasteiger charge is -2.13. The van der Waals surface area contributed by atoms with E-state index >= 15 is 0 Å². The number of nitrogens with zero attached hydrogens (tertiary/aromatic N) is 1. The Balaban J connectivity index is 3.79. The highest BCUT2D eigenvalue weighted by molar-refractivity contribution is 5.81. The van der Waals surface area contributed by atoms with Gasteiger partial charge in [0.15, 0.2) is 0 Å². The lowest BCUT2D eigenvalue weighted by atomic mass is 10.2. The smallest absolute Gasteiger partial charge is 0.234 e. The van der Waals surface area contributed by atoms with E-state index in [2.05, 4.69) is 5.32 Å². The maximum atomic E-state index is 11.0. The van der Waals surface area contributed by atoms with Gasteiger partial charge in [0.25, 0.3) is 0 Å². The number of hydrogen-bond donors (Lipinski definition) is 2. The second kappa shape index (κ2) is 6.56. The Morgan fingerprint density at radius 3 is 2.62 bits per heavy atom. The van der Waals surface area contributed by atoms with Crippen LogP contribution in [0, 0.1) is 14.1 Å². The van der Waals surface area contributed by atoms with Gasteiger partial charge < -0.3 is 15.8 Å². The summed E-state index contributed by atoms with van der Waals surface area (Å²) in [5.41, 5.74) is 5.21. The van der Waals surface area contributed by atoms with Gasteiger partial charge in [-0.15, -0.1) is 0 Å². The first-order valence-corrected chi connectivity index (χ1v) is 3.81. The Kier molecular flexibility index (Phi) is 6.09. The highest BCUT2D eigenvalue weighted by Crippen LogP contribution is 1.86. The molecule has 0 aromatic rings. The van der Waals surface area contributed by atoms with Crippen LogP contribution in [-0.4, -0.2) is 36.2 Å². The number of hydrogen-bond acceptors (Lipinski definition) is 4. The van der Waals surface area contributed by atoms with Gasteiger partial charge in [-0.05, 0) is 13.0 Å². The Bertz CT molecular complexity index is 171. The number of carbonyl (C=O) groups excluding carboxylic acids is 2. The molecule has 0 aliphatic carbocycles. The fraction of sp³-hybridized carbons (Fsp3) is 0.500. The molecule has 0 aromatic heterocycles. The second-order valence-electron chi connectivity index (χ2n) is 2.56. The van der Waals surface area contributed by atoms with E-state index in [4.69, 9.17) is 19.8 Å². The fourth-order valence-electron chi connectivity index (χ4n) is 0.772. The number of amides is 1. The van der Waals surface area contributed by atoms with Crippen LogP contribution in [-0.2, 0) is 9.59 Å². The Morgan fingerprint density at radius 2 is 2.23 bits per heavy atom. The van der Waals surface area contributed by atoms with Gasteiger partial charge in [0.05, 0.1) is 12.6 Å². The Hall–Kier alpha value is -0.940. The molecule has 4 radical (unpaired) electrons. The van der Waals surface area contributed by atoms with Crippen molar-refractivity contribution >= 4 is 12.2 Å². The molecule has 0 bridgehead atoms. The standard InChI is InChI=1S/C8H13N3O2/c1-11(2)5-8(13)10-7(6-12)3-4-9/h1-2,6-7H,3-5,9H2,(H,10,13)/t7-/m0/s1. The van der Waals surface area contributed by atoms with Crippen molar-refractivity contribution in [1.82, 2.24) is 10.2 Å². The summed E-state index contributed by atoms with van der Waals surface area (Å²) in [6, 6.07) is -0.558. The van der Waals surface area contributed by atoms with Crippen molar-refractivity contribution in [2.75, 3.05) is 13.1 Å². The van der Waals surface area contributed by atoms with Crippen LogP contribution in [0.3, 0.4) is 0 Å². The number of rotatable bonds is 6. The zero-order chi connectivity index (χ0) is 10.3. The first-order chi connectivity index (χ1) is 6.10. The third-order valence-corrected chi connectivity index (χ3v) is 1.31. The van der Waals surface area contributed by atoms with Gasteiger partial charge in [-0.25, -0.2) is 0 Å². The average Bonchev–Trinajstić information content (AvgIpc) is 2.02. The molecular weight excluding hydrogens is 170 g/mol. The second-order valence-corrected chi connectivity index (χ2v) is 2.56. The van der Waals surface area contributed by atoms with Crippen molar-refractivity contribution < 1.29 is 9.59 Å². The van der Waals surface area contributed by atoms with Gasteiger partial charge in [0.2, 0.25) is 5.91 Å². The molecule has 0 saturated heterocycles. The normalized spacial score (nSPS) is 12.6. The molecular formula is C8H13N3O2. The zero-order valence-electron chi connectivity index (χ0n) is 7.27. The molecule has 0 aliphatic rings. The van der Waals surface area contributed by atoms with Crippen molar-refractivity contribution in [3.63, 3.8) is 0 Å². The summed E-state index contributed by atoms with van der Waals surface area (Å²) in [5.74, 6) is -0.407. The quantitative estimate of drug-likeness (QED) is 0.394. The van der Waals surface area contributed by atoms with Gasteiger partial charge in [-0.2, -0.15) is 0 Å².